The minimum Gasteiger partial charge on any atom is -0.504 e. The molecule has 1 heterocycles. The number of para-hydroxylation sites is 1. The largest absolute Gasteiger partial charge is 0.504 e. The summed E-state index contributed by atoms with van der Waals surface area (Å²) in [5.41, 5.74) is 0.950. The summed E-state index contributed by atoms with van der Waals surface area (Å²) in [6.07, 6.45) is 0. The Morgan fingerprint density at radius 3 is 2.76 bits per heavy atom. The van der Waals surface area contributed by atoms with E-state index >= 15 is 0 Å². The van der Waals surface area contributed by atoms with Gasteiger partial charge in [-0.2, -0.15) is 0 Å². The van der Waals surface area contributed by atoms with Crippen LogP contribution in [0.2, 0.25) is 0 Å². The van der Waals surface area contributed by atoms with Gasteiger partial charge in [-0.25, -0.2) is 4.39 Å². The molecule has 3 rings (SSSR count). The quantitative estimate of drug-likeness (QED) is 0.726. The molecule has 1 atom stereocenters. The van der Waals surface area contributed by atoms with Gasteiger partial charge in [0.1, 0.15) is 11.9 Å². The maximum atomic E-state index is 13.4. The average molecular weight is 344 g/mol. The predicted octanol–water partition coefficient (Wildman–Crippen LogP) is 1.86. The van der Waals surface area contributed by atoms with Gasteiger partial charge < -0.3 is 20.4 Å². The first-order valence-electron chi connectivity index (χ1n) is 7.76. The molecule has 130 valence electrons. The summed E-state index contributed by atoms with van der Waals surface area (Å²) in [7, 11) is 0. The van der Waals surface area contributed by atoms with Crippen LogP contribution in [0.1, 0.15) is 27.5 Å². The molecule has 1 aliphatic heterocycles. The first-order valence-corrected chi connectivity index (χ1v) is 7.76. The van der Waals surface area contributed by atoms with E-state index in [0.29, 0.717) is 11.1 Å². The van der Waals surface area contributed by atoms with Crippen molar-refractivity contribution in [2.24, 2.45) is 0 Å². The number of rotatable bonds is 2. The van der Waals surface area contributed by atoms with Gasteiger partial charge in [0.05, 0.1) is 5.56 Å². The maximum Gasteiger partial charge on any atom is 0.258 e. The third-order valence-electron chi connectivity index (χ3n) is 4.24. The van der Waals surface area contributed by atoms with E-state index in [-0.39, 0.29) is 24.6 Å². The van der Waals surface area contributed by atoms with Gasteiger partial charge in [0.15, 0.2) is 11.5 Å². The van der Waals surface area contributed by atoms with E-state index in [9.17, 15) is 24.2 Å². The van der Waals surface area contributed by atoms with Crippen LogP contribution in [-0.4, -0.2) is 40.0 Å². The second kappa shape index (κ2) is 6.43. The molecule has 0 bridgehead atoms. The van der Waals surface area contributed by atoms with E-state index in [1.165, 1.54) is 41.3 Å². The lowest BCUT2D eigenvalue weighted by Gasteiger charge is -2.36. The van der Waals surface area contributed by atoms with E-state index in [2.05, 4.69) is 5.32 Å². The van der Waals surface area contributed by atoms with Gasteiger partial charge in [-0.1, -0.05) is 12.1 Å². The second-order valence-corrected chi connectivity index (χ2v) is 5.87. The smallest absolute Gasteiger partial charge is 0.258 e. The van der Waals surface area contributed by atoms with Gasteiger partial charge in [-0.3, -0.25) is 9.59 Å². The normalized spacial score (nSPS) is 17.3. The highest BCUT2D eigenvalue weighted by molar-refractivity contribution is 6.01. The number of hydrogen-bond acceptors (Lipinski definition) is 4. The number of hydrogen-bond donors (Lipinski definition) is 3. The fourth-order valence-corrected chi connectivity index (χ4v) is 3.00. The molecule has 25 heavy (non-hydrogen) atoms. The first-order chi connectivity index (χ1) is 11.9. The first kappa shape index (κ1) is 16.8. The minimum absolute atomic E-state index is 0.0977. The van der Waals surface area contributed by atoms with E-state index in [0.717, 1.165) is 0 Å². The highest BCUT2D eigenvalue weighted by atomic mass is 19.1. The summed E-state index contributed by atoms with van der Waals surface area (Å²) >= 11 is 0. The van der Waals surface area contributed by atoms with Crippen molar-refractivity contribution in [1.29, 1.82) is 0 Å². The number of aryl methyl sites for hydroxylation is 1. The maximum absolute atomic E-state index is 13.4. The third-order valence-corrected chi connectivity index (χ3v) is 4.24. The lowest BCUT2D eigenvalue weighted by atomic mass is 9.96. The topological polar surface area (TPSA) is 89.9 Å². The number of phenols is 2. The molecule has 1 saturated heterocycles. The predicted molar refractivity (Wildman–Crippen MR) is 87.7 cm³/mol. The lowest BCUT2D eigenvalue weighted by molar-refractivity contribution is -0.128. The fourth-order valence-electron chi connectivity index (χ4n) is 3.00. The Morgan fingerprint density at radius 1 is 1.28 bits per heavy atom. The van der Waals surface area contributed by atoms with Gasteiger partial charge >= 0.3 is 0 Å². The fraction of sp³-hybridized carbons (Fsp3) is 0.222. The van der Waals surface area contributed by atoms with Crippen LogP contribution >= 0.6 is 0 Å². The molecule has 0 aromatic heterocycles. The van der Waals surface area contributed by atoms with Crippen LogP contribution in [0.4, 0.5) is 4.39 Å². The van der Waals surface area contributed by atoms with Crippen molar-refractivity contribution >= 4 is 11.8 Å². The number of nitrogens with one attached hydrogen (secondary N) is 1. The van der Waals surface area contributed by atoms with Crippen molar-refractivity contribution in [2.75, 3.05) is 13.1 Å². The minimum atomic E-state index is -0.941. The van der Waals surface area contributed by atoms with Crippen molar-refractivity contribution in [3.63, 3.8) is 0 Å². The molecule has 2 aromatic carbocycles. The van der Waals surface area contributed by atoms with Gasteiger partial charge in [-0.15, -0.1) is 0 Å². The molecule has 3 N–H and O–H groups in total. The molecule has 2 amide bonds. The van der Waals surface area contributed by atoms with E-state index < -0.39 is 29.3 Å². The molecule has 1 aliphatic rings. The Hall–Kier alpha value is -3.09. The summed E-state index contributed by atoms with van der Waals surface area (Å²) in [6.45, 7) is 2.15. The lowest BCUT2D eigenvalue weighted by Crippen LogP contribution is -2.52. The monoisotopic (exact) mass is 344 g/mol. The zero-order valence-electron chi connectivity index (χ0n) is 13.5. The molecule has 0 unspecified atom stereocenters. The number of phenolic OH excluding ortho intramolecular Hbond substituents is 2. The van der Waals surface area contributed by atoms with Gasteiger partial charge in [-0.05, 0) is 42.3 Å². The van der Waals surface area contributed by atoms with E-state index in [1.807, 2.05) is 0 Å². The highest BCUT2D eigenvalue weighted by Crippen LogP contribution is 2.33. The average Bonchev–Trinajstić information content (AvgIpc) is 2.57. The second-order valence-electron chi connectivity index (χ2n) is 5.87. The summed E-state index contributed by atoms with van der Waals surface area (Å²) in [4.78, 5) is 26.6. The molecule has 0 spiro atoms. The van der Waals surface area contributed by atoms with E-state index in [1.54, 1.807) is 6.92 Å². The van der Waals surface area contributed by atoms with Gasteiger partial charge in [0.2, 0.25) is 5.91 Å². The Balaban J connectivity index is 2.04. The van der Waals surface area contributed by atoms with Crippen molar-refractivity contribution in [3.8, 4) is 11.5 Å². The zero-order valence-corrected chi connectivity index (χ0v) is 13.5. The molecule has 2 aromatic rings. The van der Waals surface area contributed by atoms with Gasteiger partial charge in [0, 0.05) is 13.1 Å². The number of carbonyl (C=O) groups excluding carboxylic acids is 2. The van der Waals surface area contributed by atoms with Gasteiger partial charge in [0.25, 0.3) is 5.91 Å². The number of aromatic hydroxyl groups is 2. The Kier molecular flexibility index (Phi) is 4.31. The molecule has 6 nitrogen and oxygen atoms in total. The molecule has 0 radical (unpaired) electrons. The number of benzene rings is 2. The standard InChI is InChI=1S/C18H17FN2O4/c1-10-9-11(19)5-6-12(10)15-17(24)20-7-8-21(15)18(25)13-3-2-4-14(22)16(13)23/h2-6,9,15,22-23H,7-8H2,1H3,(H,20,24)/t15-/m1/s1. The SMILES string of the molecule is Cc1cc(F)ccc1[C@@H]1C(=O)NCCN1C(=O)c1cccc(O)c1O. The number of carbonyl (C=O) groups is 2. The Labute approximate surface area is 143 Å². The number of amides is 2. The summed E-state index contributed by atoms with van der Waals surface area (Å²) in [6, 6.07) is 7.14. The van der Waals surface area contributed by atoms with Crippen LogP contribution in [0.3, 0.4) is 0 Å². The van der Waals surface area contributed by atoms with Crippen molar-refractivity contribution in [2.45, 2.75) is 13.0 Å². The highest BCUT2D eigenvalue weighted by Gasteiger charge is 2.36. The third kappa shape index (κ3) is 3.00. The van der Waals surface area contributed by atoms with Crippen LogP contribution in [0.15, 0.2) is 36.4 Å². The van der Waals surface area contributed by atoms with Crippen LogP contribution in [0.25, 0.3) is 0 Å². The molecule has 1 fully saturated rings. The van der Waals surface area contributed by atoms with Crippen molar-refractivity contribution in [3.05, 3.63) is 58.9 Å². The van der Waals surface area contributed by atoms with Crippen molar-refractivity contribution < 1.29 is 24.2 Å². The molecule has 0 aliphatic carbocycles. The molecular formula is C18H17FN2O4. The summed E-state index contributed by atoms with van der Waals surface area (Å²) < 4.78 is 13.4. The number of piperazine rings is 1. The summed E-state index contributed by atoms with van der Waals surface area (Å²) in [5, 5.41) is 22.3. The van der Waals surface area contributed by atoms with Crippen LogP contribution in [-0.2, 0) is 4.79 Å². The zero-order chi connectivity index (χ0) is 18.1. The van der Waals surface area contributed by atoms with E-state index in [4.69, 9.17) is 0 Å². The van der Waals surface area contributed by atoms with Crippen molar-refractivity contribution in [1.82, 2.24) is 10.2 Å². The Bertz CT molecular complexity index is 853. The molecule has 7 heteroatoms. The number of nitrogens with zero attached hydrogens (tertiary/aromatic N) is 1. The number of halogens is 1. The molecule has 0 saturated carbocycles. The molecular weight excluding hydrogens is 327 g/mol. The van der Waals surface area contributed by atoms with Crippen LogP contribution < -0.4 is 5.32 Å². The van der Waals surface area contributed by atoms with Crippen LogP contribution in [0.5, 0.6) is 11.5 Å². The summed E-state index contributed by atoms with van der Waals surface area (Å²) in [5.74, 6) is -2.35. The van der Waals surface area contributed by atoms with Crippen LogP contribution in [0, 0.1) is 12.7 Å². The Morgan fingerprint density at radius 2 is 2.04 bits per heavy atom.